The molecular formula is C9H14O2. The molecule has 0 spiro atoms. The number of carboxylic acid groups (broad SMARTS) is 1. The number of allylic oxidation sites excluding steroid dienone is 3. The number of hydrogen-bond donors (Lipinski definition) is 1. The number of rotatable bonds is 4. The maximum Gasteiger partial charge on any atom is 0.331 e. The van der Waals surface area contributed by atoms with E-state index in [0.29, 0.717) is 12.0 Å². The molecule has 0 radical (unpaired) electrons. The van der Waals surface area contributed by atoms with Crippen molar-refractivity contribution in [2.75, 3.05) is 0 Å². The van der Waals surface area contributed by atoms with Gasteiger partial charge in [-0.05, 0) is 19.8 Å². The van der Waals surface area contributed by atoms with Crippen LogP contribution < -0.4 is 0 Å². The highest BCUT2D eigenvalue weighted by Gasteiger charge is 2.01. The van der Waals surface area contributed by atoms with Crippen LogP contribution in [0.15, 0.2) is 23.8 Å². The van der Waals surface area contributed by atoms with Gasteiger partial charge in [-0.1, -0.05) is 25.2 Å². The van der Waals surface area contributed by atoms with Crippen LogP contribution in [0.2, 0.25) is 0 Å². The quantitative estimate of drug-likeness (QED) is 0.498. The largest absolute Gasteiger partial charge is 0.478 e. The summed E-state index contributed by atoms with van der Waals surface area (Å²) < 4.78 is 0. The normalized spacial score (nSPS) is 12.4. The van der Waals surface area contributed by atoms with Crippen LogP contribution in [0.3, 0.4) is 0 Å². The van der Waals surface area contributed by atoms with Crippen molar-refractivity contribution in [2.24, 2.45) is 0 Å². The van der Waals surface area contributed by atoms with Gasteiger partial charge in [0.15, 0.2) is 0 Å². The average Bonchev–Trinajstić information content (AvgIpc) is 1.97. The standard InChI is InChI=1S/C9H14O2/c1-3-5-6-7-8(4-2)9(10)11/h4-6H,3,7H2,1-2H3,(H,10,11). The van der Waals surface area contributed by atoms with Crippen LogP contribution in [0.25, 0.3) is 0 Å². The number of aliphatic carboxylic acids is 1. The lowest BCUT2D eigenvalue weighted by molar-refractivity contribution is -0.132. The Bertz CT molecular complexity index is 178. The van der Waals surface area contributed by atoms with Crippen LogP contribution in [0, 0.1) is 0 Å². The highest BCUT2D eigenvalue weighted by atomic mass is 16.4. The van der Waals surface area contributed by atoms with Crippen molar-refractivity contribution in [2.45, 2.75) is 26.7 Å². The first-order chi connectivity index (χ1) is 5.22. The van der Waals surface area contributed by atoms with E-state index in [4.69, 9.17) is 5.11 Å². The first-order valence-electron chi connectivity index (χ1n) is 3.75. The smallest absolute Gasteiger partial charge is 0.331 e. The molecule has 2 nitrogen and oxygen atoms in total. The molecule has 0 saturated heterocycles. The zero-order valence-corrected chi connectivity index (χ0v) is 7.00. The summed E-state index contributed by atoms with van der Waals surface area (Å²) in [7, 11) is 0. The van der Waals surface area contributed by atoms with Crippen molar-refractivity contribution in [1.82, 2.24) is 0 Å². The van der Waals surface area contributed by atoms with Crippen LogP contribution in [0.4, 0.5) is 0 Å². The predicted octanol–water partition coefficient (Wildman–Crippen LogP) is 2.37. The van der Waals surface area contributed by atoms with Gasteiger partial charge in [-0.25, -0.2) is 4.79 Å². The summed E-state index contributed by atoms with van der Waals surface area (Å²) in [6.45, 7) is 3.76. The molecule has 0 aromatic rings. The van der Waals surface area contributed by atoms with Gasteiger partial charge in [0.1, 0.15) is 0 Å². The molecule has 0 unspecified atom stereocenters. The van der Waals surface area contributed by atoms with Gasteiger partial charge in [-0.15, -0.1) is 0 Å². The minimum absolute atomic E-state index is 0.453. The summed E-state index contributed by atoms with van der Waals surface area (Å²) in [5.74, 6) is -0.826. The van der Waals surface area contributed by atoms with E-state index >= 15 is 0 Å². The number of hydrogen-bond acceptors (Lipinski definition) is 1. The third-order valence-corrected chi connectivity index (χ3v) is 1.36. The molecule has 0 fully saturated rings. The SMILES string of the molecule is CC=C(CC=CCC)C(=O)O. The van der Waals surface area contributed by atoms with Gasteiger partial charge >= 0.3 is 5.97 Å². The van der Waals surface area contributed by atoms with Crippen LogP contribution in [-0.4, -0.2) is 11.1 Å². The van der Waals surface area contributed by atoms with Crippen LogP contribution in [-0.2, 0) is 4.79 Å². The molecule has 62 valence electrons. The molecule has 0 bridgehead atoms. The lowest BCUT2D eigenvalue weighted by Gasteiger charge is -1.94. The second kappa shape index (κ2) is 5.71. The Labute approximate surface area is 67.2 Å². The summed E-state index contributed by atoms with van der Waals surface area (Å²) in [6, 6.07) is 0. The second-order valence-corrected chi connectivity index (χ2v) is 2.20. The van der Waals surface area contributed by atoms with E-state index in [1.54, 1.807) is 13.0 Å². The Morgan fingerprint density at radius 3 is 2.45 bits per heavy atom. The van der Waals surface area contributed by atoms with Gasteiger partial charge in [0.05, 0.1) is 0 Å². The summed E-state index contributed by atoms with van der Waals surface area (Å²) >= 11 is 0. The molecule has 1 N–H and O–H groups in total. The molecule has 2 heteroatoms. The van der Waals surface area contributed by atoms with Crippen LogP contribution >= 0.6 is 0 Å². The Kier molecular flexibility index (Phi) is 5.17. The van der Waals surface area contributed by atoms with Gasteiger partial charge in [0.25, 0.3) is 0 Å². The molecule has 0 amide bonds. The Morgan fingerprint density at radius 2 is 2.09 bits per heavy atom. The van der Waals surface area contributed by atoms with E-state index in [1.807, 2.05) is 19.1 Å². The van der Waals surface area contributed by atoms with Crippen LogP contribution in [0.5, 0.6) is 0 Å². The third-order valence-electron chi connectivity index (χ3n) is 1.36. The molecule has 0 aliphatic carbocycles. The lowest BCUT2D eigenvalue weighted by atomic mass is 10.1. The van der Waals surface area contributed by atoms with Crippen molar-refractivity contribution in [1.29, 1.82) is 0 Å². The molecule has 0 atom stereocenters. The Balaban J connectivity index is 3.91. The van der Waals surface area contributed by atoms with Crippen molar-refractivity contribution in [3.63, 3.8) is 0 Å². The van der Waals surface area contributed by atoms with Crippen molar-refractivity contribution in [3.05, 3.63) is 23.8 Å². The molecule has 11 heavy (non-hydrogen) atoms. The van der Waals surface area contributed by atoms with E-state index in [2.05, 4.69) is 0 Å². The first-order valence-corrected chi connectivity index (χ1v) is 3.75. The third kappa shape index (κ3) is 4.37. The monoisotopic (exact) mass is 154 g/mol. The van der Waals surface area contributed by atoms with Gasteiger partial charge in [-0.3, -0.25) is 0 Å². The molecule has 0 heterocycles. The molecular weight excluding hydrogens is 140 g/mol. The van der Waals surface area contributed by atoms with Crippen molar-refractivity contribution < 1.29 is 9.90 Å². The molecule has 0 aromatic heterocycles. The first kappa shape index (κ1) is 9.95. The minimum Gasteiger partial charge on any atom is -0.478 e. The minimum atomic E-state index is -0.826. The van der Waals surface area contributed by atoms with Gasteiger partial charge in [0.2, 0.25) is 0 Å². The summed E-state index contributed by atoms with van der Waals surface area (Å²) in [5, 5.41) is 8.57. The summed E-state index contributed by atoms with van der Waals surface area (Å²) in [4.78, 5) is 10.4. The molecule has 0 rings (SSSR count). The van der Waals surface area contributed by atoms with Gasteiger partial charge in [0, 0.05) is 5.57 Å². The van der Waals surface area contributed by atoms with E-state index in [9.17, 15) is 4.79 Å². The zero-order valence-electron chi connectivity index (χ0n) is 7.00. The maximum atomic E-state index is 10.4. The van der Waals surface area contributed by atoms with Crippen molar-refractivity contribution >= 4 is 5.97 Å². The van der Waals surface area contributed by atoms with Crippen LogP contribution in [0.1, 0.15) is 26.7 Å². The molecule has 0 aliphatic rings. The maximum absolute atomic E-state index is 10.4. The zero-order chi connectivity index (χ0) is 8.69. The highest BCUT2D eigenvalue weighted by molar-refractivity contribution is 5.86. The summed E-state index contributed by atoms with van der Waals surface area (Å²) in [5.41, 5.74) is 0.453. The van der Waals surface area contributed by atoms with Crippen molar-refractivity contribution in [3.8, 4) is 0 Å². The topological polar surface area (TPSA) is 37.3 Å². The fraction of sp³-hybridized carbons (Fsp3) is 0.444. The highest BCUT2D eigenvalue weighted by Crippen LogP contribution is 2.02. The predicted molar refractivity (Wildman–Crippen MR) is 45.4 cm³/mol. The van der Waals surface area contributed by atoms with Gasteiger partial charge < -0.3 is 5.11 Å². The van der Waals surface area contributed by atoms with E-state index in [1.165, 1.54) is 0 Å². The van der Waals surface area contributed by atoms with E-state index in [-0.39, 0.29) is 0 Å². The molecule has 0 saturated carbocycles. The Morgan fingerprint density at radius 1 is 1.45 bits per heavy atom. The fourth-order valence-corrected chi connectivity index (χ4v) is 0.706. The van der Waals surface area contributed by atoms with Gasteiger partial charge in [-0.2, -0.15) is 0 Å². The average molecular weight is 154 g/mol. The van der Waals surface area contributed by atoms with E-state index < -0.39 is 5.97 Å². The lowest BCUT2D eigenvalue weighted by Crippen LogP contribution is -1.98. The second-order valence-electron chi connectivity index (χ2n) is 2.20. The fourth-order valence-electron chi connectivity index (χ4n) is 0.706. The number of carboxylic acids is 1. The number of carbonyl (C=O) groups is 1. The molecule has 0 aliphatic heterocycles. The summed E-state index contributed by atoms with van der Waals surface area (Å²) in [6.07, 6.45) is 6.95. The Hall–Kier alpha value is -1.05. The van der Waals surface area contributed by atoms with E-state index in [0.717, 1.165) is 6.42 Å². The molecule has 0 aromatic carbocycles.